The van der Waals surface area contributed by atoms with Gasteiger partial charge < -0.3 is 9.80 Å². The number of benzene rings is 1. The third-order valence-electron chi connectivity index (χ3n) is 3.63. The zero-order chi connectivity index (χ0) is 13.1. The molecule has 0 saturated carbocycles. The molecule has 0 spiro atoms. The Kier molecular flexibility index (Phi) is 4.93. The lowest BCUT2D eigenvalue weighted by Crippen LogP contribution is -2.45. The first-order valence-electron chi connectivity index (χ1n) is 6.37. The smallest absolute Gasteiger partial charge is 0.0511 e. The molecule has 2 rings (SSSR count). The van der Waals surface area contributed by atoms with Gasteiger partial charge >= 0.3 is 0 Å². The van der Waals surface area contributed by atoms with Gasteiger partial charge in [0, 0.05) is 29.5 Å². The lowest BCUT2D eigenvalue weighted by Gasteiger charge is -2.38. The molecule has 1 aliphatic heterocycles. The largest absolute Gasteiger partial charge is 0.369 e. The number of anilines is 1. The van der Waals surface area contributed by atoms with E-state index in [0.717, 1.165) is 23.1 Å². The predicted octanol–water partition coefficient (Wildman–Crippen LogP) is 3.72. The van der Waals surface area contributed by atoms with Crippen molar-refractivity contribution in [1.82, 2.24) is 4.90 Å². The maximum absolute atomic E-state index is 5.86. The lowest BCUT2D eigenvalue weighted by molar-refractivity contribution is 0.258. The van der Waals surface area contributed by atoms with Gasteiger partial charge in [0.25, 0.3) is 0 Å². The van der Waals surface area contributed by atoms with Gasteiger partial charge in [-0.3, -0.25) is 0 Å². The lowest BCUT2D eigenvalue weighted by atomic mass is 10.0. The summed E-state index contributed by atoms with van der Waals surface area (Å²) in [7, 11) is 4.33. The SMILES string of the molecule is CN(C)C1CCCN(c2ccc(CCl)cc2Br)C1. The second-order valence-corrected chi connectivity index (χ2v) is 6.25. The molecule has 1 unspecified atom stereocenters. The summed E-state index contributed by atoms with van der Waals surface area (Å²) in [5.74, 6) is 0.569. The van der Waals surface area contributed by atoms with E-state index in [1.54, 1.807) is 0 Å². The van der Waals surface area contributed by atoms with E-state index >= 15 is 0 Å². The van der Waals surface area contributed by atoms with Crippen molar-refractivity contribution in [3.05, 3.63) is 28.2 Å². The average molecular weight is 332 g/mol. The third kappa shape index (κ3) is 3.19. The van der Waals surface area contributed by atoms with Crippen molar-refractivity contribution in [3.8, 4) is 0 Å². The fourth-order valence-electron chi connectivity index (χ4n) is 2.49. The Morgan fingerprint density at radius 2 is 2.22 bits per heavy atom. The zero-order valence-corrected chi connectivity index (χ0v) is 13.3. The van der Waals surface area contributed by atoms with E-state index < -0.39 is 0 Å². The van der Waals surface area contributed by atoms with Gasteiger partial charge in [0.1, 0.15) is 0 Å². The van der Waals surface area contributed by atoms with Crippen LogP contribution in [0.3, 0.4) is 0 Å². The Labute approximate surface area is 123 Å². The summed E-state index contributed by atoms with van der Waals surface area (Å²) in [4.78, 5) is 4.80. The van der Waals surface area contributed by atoms with Crippen LogP contribution in [0.5, 0.6) is 0 Å². The Bertz CT molecular complexity index is 409. The molecule has 0 aromatic heterocycles. The minimum absolute atomic E-state index is 0.569. The van der Waals surface area contributed by atoms with Crippen molar-refractivity contribution < 1.29 is 0 Å². The summed E-state index contributed by atoms with van der Waals surface area (Å²) < 4.78 is 1.15. The molecule has 0 bridgehead atoms. The van der Waals surface area contributed by atoms with Crippen LogP contribution in [0.1, 0.15) is 18.4 Å². The van der Waals surface area contributed by atoms with E-state index in [4.69, 9.17) is 11.6 Å². The van der Waals surface area contributed by atoms with E-state index in [1.165, 1.54) is 18.5 Å². The standard InChI is InChI=1S/C14H20BrClN2/c1-17(2)12-4-3-7-18(10-12)14-6-5-11(9-16)8-13(14)15/h5-6,8,12H,3-4,7,9-10H2,1-2H3. The van der Waals surface area contributed by atoms with Crippen LogP contribution in [0, 0.1) is 0 Å². The van der Waals surface area contributed by atoms with Crippen LogP contribution in [-0.2, 0) is 5.88 Å². The van der Waals surface area contributed by atoms with Gasteiger partial charge in [0.2, 0.25) is 0 Å². The monoisotopic (exact) mass is 330 g/mol. The van der Waals surface area contributed by atoms with Gasteiger partial charge in [-0.25, -0.2) is 0 Å². The van der Waals surface area contributed by atoms with Crippen molar-refractivity contribution >= 4 is 33.2 Å². The van der Waals surface area contributed by atoms with Crippen molar-refractivity contribution in [2.24, 2.45) is 0 Å². The predicted molar refractivity (Wildman–Crippen MR) is 82.6 cm³/mol. The quantitative estimate of drug-likeness (QED) is 0.779. The van der Waals surface area contributed by atoms with E-state index in [-0.39, 0.29) is 0 Å². The van der Waals surface area contributed by atoms with Gasteiger partial charge in [-0.15, -0.1) is 11.6 Å². The second-order valence-electron chi connectivity index (χ2n) is 5.13. The normalized spacial score (nSPS) is 20.5. The molecule has 0 radical (unpaired) electrons. The Hall–Kier alpha value is -0.250. The number of alkyl halides is 1. The zero-order valence-electron chi connectivity index (χ0n) is 11.0. The summed E-state index contributed by atoms with van der Waals surface area (Å²) in [5, 5.41) is 0. The summed E-state index contributed by atoms with van der Waals surface area (Å²) in [6.07, 6.45) is 2.55. The molecular weight excluding hydrogens is 312 g/mol. The van der Waals surface area contributed by atoms with Crippen molar-refractivity contribution in [2.45, 2.75) is 24.8 Å². The fourth-order valence-corrected chi connectivity index (χ4v) is 3.33. The van der Waals surface area contributed by atoms with Crippen LogP contribution in [-0.4, -0.2) is 38.1 Å². The van der Waals surface area contributed by atoms with Gasteiger partial charge in [-0.1, -0.05) is 6.07 Å². The highest BCUT2D eigenvalue weighted by Crippen LogP contribution is 2.30. The maximum atomic E-state index is 5.86. The first kappa shape index (κ1) is 14.2. The minimum atomic E-state index is 0.569. The molecule has 0 amide bonds. The molecule has 1 saturated heterocycles. The van der Waals surface area contributed by atoms with Crippen molar-refractivity contribution in [3.63, 3.8) is 0 Å². The first-order chi connectivity index (χ1) is 8.61. The van der Waals surface area contributed by atoms with Gasteiger partial charge in [0.15, 0.2) is 0 Å². The number of hydrogen-bond donors (Lipinski definition) is 0. The molecule has 1 aromatic carbocycles. The van der Waals surface area contributed by atoms with Crippen molar-refractivity contribution in [1.29, 1.82) is 0 Å². The van der Waals surface area contributed by atoms with E-state index in [9.17, 15) is 0 Å². The Morgan fingerprint density at radius 3 is 2.83 bits per heavy atom. The molecule has 0 aliphatic carbocycles. The van der Waals surface area contributed by atoms with E-state index in [1.807, 2.05) is 0 Å². The highest BCUT2D eigenvalue weighted by atomic mass is 79.9. The molecular formula is C14H20BrClN2. The number of likely N-dealkylation sites (N-methyl/N-ethyl adjacent to an activating group) is 1. The van der Waals surface area contributed by atoms with Crippen LogP contribution in [0.4, 0.5) is 5.69 Å². The summed E-state index contributed by atoms with van der Waals surface area (Å²) >= 11 is 9.53. The molecule has 4 heteroatoms. The van der Waals surface area contributed by atoms with Crippen LogP contribution >= 0.6 is 27.5 Å². The molecule has 1 aliphatic rings. The summed E-state index contributed by atoms with van der Waals surface area (Å²) in [6, 6.07) is 7.08. The highest BCUT2D eigenvalue weighted by Gasteiger charge is 2.22. The van der Waals surface area contributed by atoms with Crippen LogP contribution in [0.2, 0.25) is 0 Å². The molecule has 1 fully saturated rings. The molecule has 0 N–H and O–H groups in total. The maximum Gasteiger partial charge on any atom is 0.0511 e. The van der Waals surface area contributed by atoms with Crippen LogP contribution in [0.25, 0.3) is 0 Å². The summed E-state index contributed by atoms with van der Waals surface area (Å²) in [5.41, 5.74) is 2.45. The first-order valence-corrected chi connectivity index (χ1v) is 7.70. The van der Waals surface area contributed by atoms with Crippen LogP contribution < -0.4 is 4.90 Å². The van der Waals surface area contributed by atoms with Crippen LogP contribution in [0.15, 0.2) is 22.7 Å². The van der Waals surface area contributed by atoms with Crippen molar-refractivity contribution in [2.75, 3.05) is 32.1 Å². The number of halogens is 2. The molecule has 100 valence electrons. The van der Waals surface area contributed by atoms with Gasteiger partial charge in [0.05, 0.1) is 5.69 Å². The number of nitrogens with zero attached hydrogens (tertiary/aromatic N) is 2. The summed E-state index contributed by atoms with van der Waals surface area (Å²) in [6.45, 7) is 2.25. The number of rotatable bonds is 3. The average Bonchev–Trinajstić information content (AvgIpc) is 2.38. The van der Waals surface area contributed by atoms with E-state index in [0.29, 0.717) is 11.9 Å². The minimum Gasteiger partial charge on any atom is -0.369 e. The number of hydrogen-bond acceptors (Lipinski definition) is 2. The third-order valence-corrected chi connectivity index (χ3v) is 4.58. The Morgan fingerprint density at radius 1 is 1.44 bits per heavy atom. The number of piperidine rings is 1. The van der Waals surface area contributed by atoms with Gasteiger partial charge in [-0.05, 0) is 60.6 Å². The fraction of sp³-hybridized carbons (Fsp3) is 0.571. The topological polar surface area (TPSA) is 6.48 Å². The molecule has 1 aromatic rings. The Balaban J connectivity index is 2.15. The molecule has 18 heavy (non-hydrogen) atoms. The second kappa shape index (κ2) is 6.27. The highest BCUT2D eigenvalue weighted by molar-refractivity contribution is 9.10. The van der Waals surface area contributed by atoms with E-state index in [2.05, 4.69) is 58.0 Å². The molecule has 2 nitrogen and oxygen atoms in total. The van der Waals surface area contributed by atoms with Gasteiger partial charge in [-0.2, -0.15) is 0 Å². The molecule has 1 atom stereocenters. The molecule has 1 heterocycles.